The fraction of sp³-hybridized carbons (Fsp3) is 0.545. The van der Waals surface area contributed by atoms with Crippen LogP contribution in [0.4, 0.5) is 0 Å². The third-order valence-corrected chi connectivity index (χ3v) is 2.69. The van der Waals surface area contributed by atoms with E-state index in [9.17, 15) is 0 Å². The minimum absolute atomic E-state index is 0.325. The summed E-state index contributed by atoms with van der Waals surface area (Å²) in [5.41, 5.74) is 1.27. The first kappa shape index (κ1) is 13.2. The molecule has 0 saturated carbocycles. The molecule has 2 aromatic heterocycles. The zero-order valence-electron chi connectivity index (χ0n) is 10.3. The van der Waals surface area contributed by atoms with E-state index < -0.39 is 0 Å². The lowest BCUT2D eigenvalue weighted by molar-refractivity contribution is -0.143. The molecule has 0 aliphatic carbocycles. The molecule has 0 fully saturated rings. The predicted octanol–water partition coefficient (Wildman–Crippen LogP) is 1.88. The summed E-state index contributed by atoms with van der Waals surface area (Å²) in [4.78, 5) is 12.2. The molecule has 0 amide bonds. The van der Waals surface area contributed by atoms with E-state index in [1.807, 2.05) is 18.4 Å². The molecule has 6 nitrogen and oxygen atoms in total. The van der Waals surface area contributed by atoms with E-state index in [-0.39, 0.29) is 6.29 Å². The van der Waals surface area contributed by atoms with E-state index in [1.54, 1.807) is 6.33 Å². The standard InChI is InChI=1S/C11H15ClN4O2/c1-3-17-8(18-4-2)5-16-7-15-11-9(16)10(12)13-6-14-11/h6-8H,3-5H2,1-2H3. The summed E-state index contributed by atoms with van der Waals surface area (Å²) in [5, 5.41) is 0.379. The van der Waals surface area contributed by atoms with Gasteiger partial charge in [-0.15, -0.1) is 0 Å². The van der Waals surface area contributed by atoms with Crippen molar-refractivity contribution in [2.24, 2.45) is 0 Å². The molecule has 0 atom stereocenters. The summed E-state index contributed by atoms with van der Waals surface area (Å²) < 4.78 is 12.8. The van der Waals surface area contributed by atoms with Crippen molar-refractivity contribution in [2.45, 2.75) is 26.7 Å². The van der Waals surface area contributed by atoms with Gasteiger partial charge in [-0.1, -0.05) is 11.6 Å². The Kier molecular flexibility index (Phi) is 4.46. The first-order valence-corrected chi connectivity index (χ1v) is 6.18. The fourth-order valence-corrected chi connectivity index (χ4v) is 1.93. The van der Waals surface area contributed by atoms with E-state index >= 15 is 0 Å². The fourth-order valence-electron chi connectivity index (χ4n) is 1.70. The molecular formula is C11H15ClN4O2. The number of fused-ring (bicyclic) bond motifs is 1. The number of imidazole rings is 1. The van der Waals surface area contributed by atoms with Crippen molar-refractivity contribution in [3.8, 4) is 0 Å². The Morgan fingerprint density at radius 2 is 1.94 bits per heavy atom. The average Bonchev–Trinajstić information content (AvgIpc) is 2.75. The van der Waals surface area contributed by atoms with E-state index in [2.05, 4.69) is 15.0 Å². The normalized spacial score (nSPS) is 11.6. The lowest BCUT2D eigenvalue weighted by Crippen LogP contribution is -2.23. The van der Waals surface area contributed by atoms with Gasteiger partial charge in [0.05, 0.1) is 12.9 Å². The van der Waals surface area contributed by atoms with Crippen LogP contribution in [0.1, 0.15) is 13.8 Å². The number of ether oxygens (including phenoxy) is 2. The van der Waals surface area contributed by atoms with Gasteiger partial charge in [0.25, 0.3) is 0 Å². The number of nitrogens with zero attached hydrogens (tertiary/aromatic N) is 4. The van der Waals surface area contributed by atoms with E-state index in [0.717, 1.165) is 0 Å². The molecule has 0 bridgehead atoms. The van der Waals surface area contributed by atoms with Gasteiger partial charge < -0.3 is 14.0 Å². The second kappa shape index (κ2) is 6.08. The Bertz CT molecular complexity index is 511. The highest BCUT2D eigenvalue weighted by atomic mass is 35.5. The summed E-state index contributed by atoms with van der Waals surface area (Å²) in [5.74, 6) is 0. The van der Waals surface area contributed by atoms with E-state index in [4.69, 9.17) is 21.1 Å². The van der Waals surface area contributed by atoms with Crippen molar-refractivity contribution in [1.29, 1.82) is 0 Å². The van der Waals surface area contributed by atoms with Gasteiger partial charge in [0.1, 0.15) is 11.8 Å². The molecule has 0 saturated heterocycles. The third-order valence-electron chi connectivity index (χ3n) is 2.42. The van der Waals surface area contributed by atoms with Crippen molar-refractivity contribution in [1.82, 2.24) is 19.5 Å². The van der Waals surface area contributed by atoms with Gasteiger partial charge in [-0.3, -0.25) is 0 Å². The maximum Gasteiger partial charge on any atom is 0.182 e. The Balaban J connectivity index is 2.25. The minimum Gasteiger partial charge on any atom is -0.351 e. The molecule has 0 N–H and O–H groups in total. The van der Waals surface area contributed by atoms with Crippen LogP contribution in [0.3, 0.4) is 0 Å². The molecule has 0 aliphatic rings. The number of halogens is 1. The summed E-state index contributed by atoms with van der Waals surface area (Å²) in [6, 6.07) is 0. The van der Waals surface area contributed by atoms with Crippen LogP contribution < -0.4 is 0 Å². The number of rotatable bonds is 6. The molecule has 0 unspecified atom stereocenters. The number of aromatic nitrogens is 4. The second-order valence-electron chi connectivity index (χ2n) is 3.57. The molecule has 2 heterocycles. The van der Waals surface area contributed by atoms with Gasteiger partial charge in [0.15, 0.2) is 17.1 Å². The topological polar surface area (TPSA) is 62.1 Å². The van der Waals surface area contributed by atoms with Crippen LogP contribution in [0.2, 0.25) is 5.15 Å². The predicted molar refractivity (Wildman–Crippen MR) is 67.4 cm³/mol. The first-order chi connectivity index (χ1) is 8.76. The maximum atomic E-state index is 6.05. The van der Waals surface area contributed by atoms with Crippen LogP contribution in [0.15, 0.2) is 12.7 Å². The molecule has 7 heteroatoms. The van der Waals surface area contributed by atoms with Gasteiger partial charge in [-0.05, 0) is 13.8 Å². The van der Waals surface area contributed by atoms with Gasteiger partial charge in [0.2, 0.25) is 0 Å². The Morgan fingerprint density at radius 1 is 1.22 bits per heavy atom. The summed E-state index contributed by atoms with van der Waals surface area (Å²) >= 11 is 6.05. The molecule has 0 aromatic carbocycles. The van der Waals surface area contributed by atoms with Gasteiger partial charge in [-0.25, -0.2) is 15.0 Å². The largest absolute Gasteiger partial charge is 0.351 e. The highest BCUT2D eigenvalue weighted by Gasteiger charge is 2.14. The Hall–Kier alpha value is -1.24. The zero-order valence-corrected chi connectivity index (χ0v) is 11.1. The number of hydrogen-bond donors (Lipinski definition) is 0. The first-order valence-electron chi connectivity index (χ1n) is 5.80. The smallest absolute Gasteiger partial charge is 0.182 e. The summed E-state index contributed by atoms with van der Waals surface area (Å²) in [7, 11) is 0. The molecule has 98 valence electrons. The van der Waals surface area contributed by atoms with Gasteiger partial charge >= 0.3 is 0 Å². The van der Waals surface area contributed by atoms with Crippen LogP contribution in [-0.4, -0.2) is 39.0 Å². The van der Waals surface area contributed by atoms with Crippen LogP contribution in [0.25, 0.3) is 11.2 Å². The van der Waals surface area contributed by atoms with Gasteiger partial charge in [0, 0.05) is 13.2 Å². The molecule has 0 spiro atoms. The van der Waals surface area contributed by atoms with Crippen molar-refractivity contribution in [2.75, 3.05) is 13.2 Å². The molecule has 0 aliphatic heterocycles. The molecular weight excluding hydrogens is 256 g/mol. The summed E-state index contributed by atoms with van der Waals surface area (Å²) in [6.07, 6.45) is 2.73. The highest BCUT2D eigenvalue weighted by molar-refractivity contribution is 6.33. The van der Waals surface area contributed by atoms with Crippen molar-refractivity contribution < 1.29 is 9.47 Å². The maximum absolute atomic E-state index is 6.05. The van der Waals surface area contributed by atoms with Crippen LogP contribution in [-0.2, 0) is 16.0 Å². The van der Waals surface area contributed by atoms with Crippen molar-refractivity contribution in [3.05, 3.63) is 17.8 Å². The van der Waals surface area contributed by atoms with Crippen molar-refractivity contribution >= 4 is 22.8 Å². The lowest BCUT2D eigenvalue weighted by Gasteiger charge is -2.17. The quantitative estimate of drug-likeness (QED) is 0.592. The van der Waals surface area contributed by atoms with Gasteiger partial charge in [-0.2, -0.15) is 0 Å². The lowest BCUT2D eigenvalue weighted by atomic mass is 10.5. The zero-order chi connectivity index (χ0) is 13.0. The highest BCUT2D eigenvalue weighted by Crippen LogP contribution is 2.18. The van der Waals surface area contributed by atoms with Crippen LogP contribution >= 0.6 is 11.6 Å². The summed E-state index contributed by atoms with van der Waals surface area (Å²) in [6.45, 7) is 5.52. The molecule has 2 aromatic rings. The minimum atomic E-state index is -0.325. The van der Waals surface area contributed by atoms with E-state index in [0.29, 0.717) is 36.1 Å². The van der Waals surface area contributed by atoms with Crippen LogP contribution in [0.5, 0.6) is 0 Å². The number of hydrogen-bond acceptors (Lipinski definition) is 5. The van der Waals surface area contributed by atoms with E-state index in [1.165, 1.54) is 6.33 Å². The van der Waals surface area contributed by atoms with Crippen LogP contribution in [0, 0.1) is 0 Å². The second-order valence-corrected chi connectivity index (χ2v) is 3.93. The Labute approximate surface area is 110 Å². The van der Waals surface area contributed by atoms with Crippen molar-refractivity contribution in [3.63, 3.8) is 0 Å². The Morgan fingerprint density at radius 3 is 2.61 bits per heavy atom. The monoisotopic (exact) mass is 270 g/mol. The molecule has 18 heavy (non-hydrogen) atoms. The molecule has 2 rings (SSSR count). The average molecular weight is 271 g/mol. The SMILES string of the molecule is CCOC(Cn1cnc2ncnc(Cl)c21)OCC. The third kappa shape index (κ3) is 2.77. The molecule has 0 radical (unpaired) electrons.